The van der Waals surface area contributed by atoms with Crippen molar-refractivity contribution in [3.8, 4) is 11.1 Å². The van der Waals surface area contributed by atoms with Crippen molar-refractivity contribution in [2.45, 2.75) is 13.8 Å². The van der Waals surface area contributed by atoms with E-state index in [0.717, 1.165) is 27.3 Å². The zero-order valence-corrected chi connectivity index (χ0v) is 10.6. The van der Waals surface area contributed by atoms with Gasteiger partial charge in [-0.1, -0.05) is 48.0 Å². The normalized spacial score (nSPS) is 10.3. The molecule has 0 saturated heterocycles. The van der Waals surface area contributed by atoms with Gasteiger partial charge in [0.2, 0.25) is 0 Å². The van der Waals surface area contributed by atoms with E-state index in [1.165, 1.54) is 0 Å². The fourth-order valence-corrected chi connectivity index (χ4v) is 1.98. The first-order chi connectivity index (χ1) is 8.09. The highest BCUT2D eigenvalue weighted by Crippen LogP contribution is 2.28. The molecule has 0 amide bonds. The Balaban J connectivity index is 2.47. The second-order valence-electron chi connectivity index (χ2n) is 4.05. The van der Waals surface area contributed by atoms with Crippen LogP contribution < -0.4 is 0 Å². The van der Waals surface area contributed by atoms with E-state index in [9.17, 15) is 4.79 Å². The molecule has 0 aliphatic carbocycles. The minimum Gasteiger partial charge on any atom is -0.295 e. The Hall–Kier alpha value is -1.60. The summed E-state index contributed by atoms with van der Waals surface area (Å²) in [6, 6.07) is 13.4. The smallest absolute Gasteiger partial charge is 0.159 e. The number of hydrogen-bond donors (Lipinski definition) is 0. The van der Waals surface area contributed by atoms with Crippen LogP contribution in [0.1, 0.15) is 22.8 Å². The lowest BCUT2D eigenvalue weighted by atomic mass is 9.99. The summed E-state index contributed by atoms with van der Waals surface area (Å²) in [6.07, 6.45) is 0. The molecule has 2 heteroatoms. The Morgan fingerprint density at radius 3 is 2.29 bits per heavy atom. The highest BCUT2D eigenvalue weighted by molar-refractivity contribution is 6.31. The molecule has 0 saturated carbocycles. The predicted molar refractivity (Wildman–Crippen MR) is 71.6 cm³/mol. The van der Waals surface area contributed by atoms with Gasteiger partial charge in [-0.3, -0.25) is 4.79 Å². The third-order valence-corrected chi connectivity index (χ3v) is 3.28. The summed E-state index contributed by atoms with van der Waals surface area (Å²) >= 11 is 6.09. The van der Waals surface area contributed by atoms with E-state index in [0.29, 0.717) is 0 Å². The molecule has 86 valence electrons. The van der Waals surface area contributed by atoms with Gasteiger partial charge in [0, 0.05) is 10.6 Å². The molecule has 0 fully saturated rings. The van der Waals surface area contributed by atoms with E-state index in [2.05, 4.69) is 0 Å². The Bertz CT molecular complexity index is 556. The monoisotopic (exact) mass is 244 g/mol. The van der Waals surface area contributed by atoms with Crippen LogP contribution >= 0.6 is 11.6 Å². The first kappa shape index (κ1) is 11.9. The summed E-state index contributed by atoms with van der Waals surface area (Å²) in [6.45, 7) is 3.57. The van der Waals surface area contributed by atoms with E-state index < -0.39 is 0 Å². The SMILES string of the molecule is CC(=O)c1ccc(-c2cccc(Cl)c2C)cc1. The maximum atomic E-state index is 11.2. The average Bonchev–Trinajstić information content (AvgIpc) is 2.33. The van der Waals surface area contributed by atoms with Gasteiger partial charge in [-0.2, -0.15) is 0 Å². The molecule has 0 spiro atoms. The fourth-order valence-electron chi connectivity index (χ4n) is 1.80. The molecule has 0 radical (unpaired) electrons. The van der Waals surface area contributed by atoms with Gasteiger partial charge in [0.1, 0.15) is 0 Å². The zero-order chi connectivity index (χ0) is 12.4. The number of carbonyl (C=O) groups is 1. The number of benzene rings is 2. The molecule has 0 N–H and O–H groups in total. The van der Waals surface area contributed by atoms with Gasteiger partial charge in [-0.05, 0) is 36.6 Å². The number of halogens is 1. The molecular weight excluding hydrogens is 232 g/mol. The van der Waals surface area contributed by atoms with Crippen LogP contribution in [0.2, 0.25) is 5.02 Å². The van der Waals surface area contributed by atoms with Gasteiger partial charge in [-0.15, -0.1) is 0 Å². The molecular formula is C15H13ClO. The molecule has 0 aromatic heterocycles. The number of carbonyl (C=O) groups excluding carboxylic acids is 1. The Morgan fingerprint density at radius 2 is 1.71 bits per heavy atom. The lowest BCUT2D eigenvalue weighted by Gasteiger charge is -2.08. The van der Waals surface area contributed by atoms with Crippen LogP contribution in [-0.4, -0.2) is 5.78 Å². The molecule has 2 rings (SSSR count). The standard InChI is InChI=1S/C15H13ClO/c1-10-14(4-3-5-15(10)16)13-8-6-12(7-9-13)11(2)17/h3-9H,1-2H3. The second-order valence-corrected chi connectivity index (χ2v) is 4.45. The van der Waals surface area contributed by atoms with E-state index >= 15 is 0 Å². The van der Waals surface area contributed by atoms with E-state index in [1.54, 1.807) is 6.92 Å². The molecule has 0 aliphatic heterocycles. The summed E-state index contributed by atoms with van der Waals surface area (Å²) in [7, 11) is 0. The first-order valence-electron chi connectivity index (χ1n) is 5.46. The van der Waals surface area contributed by atoms with Crippen LogP contribution in [0.15, 0.2) is 42.5 Å². The largest absolute Gasteiger partial charge is 0.295 e. The van der Waals surface area contributed by atoms with Crippen LogP contribution in [0.3, 0.4) is 0 Å². The molecule has 1 nitrogen and oxygen atoms in total. The van der Waals surface area contributed by atoms with Crippen molar-refractivity contribution in [1.29, 1.82) is 0 Å². The van der Waals surface area contributed by atoms with E-state index in [-0.39, 0.29) is 5.78 Å². The van der Waals surface area contributed by atoms with Gasteiger partial charge in [0.25, 0.3) is 0 Å². The van der Waals surface area contributed by atoms with Gasteiger partial charge < -0.3 is 0 Å². The van der Waals surface area contributed by atoms with E-state index in [1.807, 2.05) is 49.4 Å². The minimum atomic E-state index is 0.0827. The summed E-state index contributed by atoms with van der Waals surface area (Å²) in [5.74, 6) is 0.0827. The highest BCUT2D eigenvalue weighted by atomic mass is 35.5. The fraction of sp³-hybridized carbons (Fsp3) is 0.133. The Kier molecular flexibility index (Phi) is 3.30. The average molecular weight is 245 g/mol. The van der Waals surface area contributed by atoms with Crippen molar-refractivity contribution in [2.24, 2.45) is 0 Å². The summed E-state index contributed by atoms with van der Waals surface area (Å²) < 4.78 is 0. The Labute approximate surface area is 106 Å². The van der Waals surface area contributed by atoms with Crippen LogP contribution in [0.5, 0.6) is 0 Å². The molecule has 2 aromatic carbocycles. The van der Waals surface area contributed by atoms with Crippen molar-refractivity contribution in [1.82, 2.24) is 0 Å². The molecule has 0 aliphatic rings. The predicted octanol–water partition coefficient (Wildman–Crippen LogP) is 4.52. The summed E-state index contributed by atoms with van der Waals surface area (Å²) in [5, 5.41) is 0.762. The van der Waals surface area contributed by atoms with Crippen molar-refractivity contribution in [2.75, 3.05) is 0 Å². The van der Waals surface area contributed by atoms with Crippen molar-refractivity contribution in [3.05, 3.63) is 58.6 Å². The van der Waals surface area contributed by atoms with Gasteiger partial charge in [0.05, 0.1) is 0 Å². The van der Waals surface area contributed by atoms with Crippen molar-refractivity contribution < 1.29 is 4.79 Å². The number of ketones is 1. The lowest BCUT2D eigenvalue weighted by Crippen LogP contribution is -1.91. The highest BCUT2D eigenvalue weighted by Gasteiger charge is 2.05. The lowest BCUT2D eigenvalue weighted by molar-refractivity contribution is 0.101. The molecule has 2 aromatic rings. The number of hydrogen-bond acceptors (Lipinski definition) is 1. The topological polar surface area (TPSA) is 17.1 Å². The number of rotatable bonds is 2. The molecule has 17 heavy (non-hydrogen) atoms. The zero-order valence-electron chi connectivity index (χ0n) is 9.83. The second kappa shape index (κ2) is 4.72. The minimum absolute atomic E-state index is 0.0827. The van der Waals surface area contributed by atoms with Gasteiger partial charge in [0.15, 0.2) is 5.78 Å². The van der Waals surface area contributed by atoms with Crippen LogP contribution in [0.25, 0.3) is 11.1 Å². The summed E-state index contributed by atoms with van der Waals surface area (Å²) in [5.41, 5.74) is 3.97. The Morgan fingerprint density at radius 1 is 1.06 bits per heavy atom. The van der Waals surface area contributed by atoms with E-state index in [4.69, 9.17) is 11.6 Å². The van der Waals surface area contributed by atoms with Crippen LogP contribution in [-0.2, 0) is 0 Å². The van der Waals surface area contributed by atoms with Crippen LogP contribution in [0.4, 0.5) is 0 Å². The van der Waals surface area contributed by atoms with Crippen molar-refractivity contribution in [3.63, 3.8) is 0 Å². The maximum absolute atomic E-state index is 11.2. The van der Waals surface area contributed by atoms with Gasteiger partial charge in [-0.25, -0.2) is 0 Å². The van der Waals surface area contributed by atoms with Crippen molar-refractivity contribution >= 4 is 17.4 Å². The molecule has 0 atom stereocenters. The third-order valence-electron chi connectivity index (χ3n) is 2.87. The first-order valence-corrected chi connectivity index (χ1v) is 5.84. The molecule has 0 heterocycles. The van der Waals surface area contributed by atoms with Crippen LogP contribution in [0, 0.1) is 6.92 Å². The third kappa shape index (κ3) is 2.40. The maximum Gasteiger partial charge on any atom is 0.159 e. The summed E-state index contributed by atoms with van der Waals surface area (Å²) in [4.78, 5) is 11.2. The number of Topliss-reactive ketones (excluding diaryl/α,β-unsaturated/α-hetero) is 1. The van der Waals surface area contributed by atoms with Gasteiger partial charge >= 0.3 is 0 Å². The molecule has 0 unspecified atom stereocenters. The quantitative estimate of drug-likeness (QED) is 0.710. The molecule has 0 bridgehead atoms.